The Hall–Kier alpha value is -1.82. The fourth-order valence-corrected chi connectivity index (χ4v) is 8.99. The smallest absolute Gasteiger partial charge is 0.382 e. The van der Waals surface area contributed by atoms with E-state index in [9.17, 15) is 0 Å². The van der Waals surface area contributed by atoms with Gasteiger partial charge in [0.1, 0.15) is 0 Å². The van der Waals surface area contributed by atoms with E-state index in [4.69, 9.17) is 0 Å². The van der Waals surface area contributed by atoms with Crippen molar-refractivity contribution in [3.05, 3.63) is 127 Å². The minimum Gasteiger partial charge on any atom is -0.382 e. The zero-order valence-corrected chi connectivity index (χ0v) is 26.3. The number of methoxy groups -OCH3 is 4. The second kappa shape index (κ2) is 23.8. The zero-order chi connectivity index (χ0) is 28.0. The van der Waals surface area contributed by atoms with Crippen molar-refractivity contribution in [1.82, 2.24) is 0 Å². The maximum absolute atomic E-state index is 4.66. The maximum atomic E-state index is 4.66. The minimum absolute atomic E-state index is 0. The van der Waals surface area contributed by atoms with Crippen molar-refractivity contribution < 1.29 is 37.8 Å². The third-order valence-electron chi connectivity index (χ3n) is 5.35. The summed E-state index contributed by atoms with van der Waals surface area (Å²) in [5.74, 6) is 2.61. The van der Waals surface area contributed by atoms with Crippen LogP contribution in [-0.2, 0) is 18.9 Å². The Morgan fingerprint density at radius 1 is 0.400 bits per heavy atom. The van der Waals surface area contributed by atoms with E-state index in [0.29, 0.717) is 26.4 Å². The van der Waals surface area contributed by atoms with Crippen molar-refractivity contribution in [2.75, 3.05) is 54.9 Å². The molecule has 0 atom stereocenters. The van der Waals surface area contributed by atoms with Gasteiger partial charge in [0.05, 0.1) is 26.4 Å². The molecule has 0 spiro atoms. The van der Waals surface area contributed by atoms with Gasteiger partial charge in [0.15, 0.2) is 0 Å². The van der Waals surface area contributed by atoms with E-state index in [1.165, 1.54) is 21.2 Å². The third kappa shape index (κ3) is 14.2. The van der Waals surface area contributed by atoms with Gasteiger partial charge in [-0.05, 0) is 0 Å². The minimum atomic E-state index is -0.534. The van der Waals surface area contributed by atoms with Crippen LogP contribution >= 0.6 is 15.8 Å². The van der Waals surface area contributed by atoms with Gasteiger partial charge in [-0.25, -0.2) is 0 Å². The summed E-state index contributed by atoms with van der Waals surface area (Å²) in [6.07, 6.45) is 0. The molecule has 0 radical (unpaired) electrons. The van der Waals surface area contributed by atoms with Crippen molar-refractivity contribution in [3.63, 3.8) is 0 Å². The van der Waals surface area contributed by atoms with Crippen molar-refractivity contribution in [1.29, 1.82) is 0 Å². The molecule has 4 nitrogen and oxygen atoms in total. The van der Waals surface area contributed by atoms with Crippen LogP contribution in [0.3, 0.4) is 0 Å². The van der Waals surface area contributed by atoms with Gasteiger partial charge >= 0.3 is 18.9 Å². The molecule has 0 aromatic heterocycles. The van der Waals surface area contributed by atoms with E-state index in [1.54, 1.807) is 28.4 Å². The number of hydrogen-bond donors (Lipinski definition) is 0. The Morgan fingerprint density at radius 2 is 0.600 bits per heavy atom. The molecule has 4 rings (SSSR count). The van der Waals surface area contributed by atoms with Crippen molar-refractivity contribution in [2.24, 2.45) is 0 Å². The summed E-state index contributed by atoms with van der Waals surface area (Å²) in [5, 5.41) is 5.60. The van der Waals surface area contributed by atoms with E-state index in [0.717, 1.165) is 0 Å². The molecule has 0 aliphatic rings. The van der Waals surface area contributed by atoms with Gasteiger partial charge in [-0.2, -0.15) is 15.8 Å². The molecule has 4 aromatic rings. The van der Waals surface area contributed by atoms with Crippen LogP contribution < -0.4 is 40.1 Å². The Kier molecular flexibility index (Phi) is 21.6. The van der Waals surface area contributed by atoms with Crippen LogP contribution in [0.5, 0.6) is 0 Å². The summed E-state index contributed by atoms with van der Waals surface area (Å²) in [7, 11) is 5.54. The van der Waals surface area contributed by atoms with Crippen molar-refractivity contribution in [2.45, 2.75) is 0 Å². The van der Waals surface area contributed by atoms with E-state index in [2.05, 4.69) is 146 Å². The van der Waals surface area contributed by atoms with Crippen LogP contribution in [-0.4, -0.2) is 54.9 Å². The summed E-state index contributed by atoms with van der Waals surface area (Å²) in [5.41, 5.74) is 0. The molecule has 4 aromatic carbocycles. The SMILES string of the molecule is COCCOC.COCCOC.[Li+].c1ccc(P([CH-]P(c2ccccc2)c2ccccc2)c2ccccc2)cc1. The molecule has 0 saturated heterocycles. The molecule has 0 fully saturated rings. The second-order valence-electron chi connectivity index (χ2n) is 8.17. The summed E-state index contributed by atoms with van der Waals surface area (Å²) in [4.78, 5) is 0. The van der Waals surface area contributed by atoms with E-state index >= 15 is 0 Å². The van der Waals surface area contributed by atoms with E-state index in [-0.39, 0.29) is 18.9 Å². The number of rotatable bonds is 12. The van der Waals surface area contributed by atoms with E-state index in [1.807, 2.05) is 0 Å². The molecular weight excluding hydrogens is 529 g/mol. The van der Waals surface area contributed by atoms with Gasteiger partial charge in [0, 0.05) is 28.4 Å². The molecule has 208 valence electrons. The van der Waals surface area contributed by atoms with Crippen molar-refractivity contribution in [3.8, 4) is 0 Å². The predicted octanol–water partition coefficient (Wildman–Crippen LogP) is 2.93. The van der Waals surface area contributed by atoms with Crippen LogP contribution in [0.1, 0.15) is 0 Å². The average molecular weight is 571 g/mol. The fourth-order valence-electron chi connectivity index (χ4n) is 3.37. The molecular formula is C33H41LiO4P2. The van der Waals surface area contributed by atoms with Gasteiger partial charge in [0.2, 0.25) is 0 Å². The maximum Gasteiger partial charge on any atom is 1.00 e. The topological polar surface area (TPSA) is 36.9 Å². The quantitative estimate of drug-likeness (QED) is 0.114. The molecule has 0 amide bonds. The van der Waals surface area contributed by atoms with Crippen LogP contribution in [0.15, 0.2) is 121 Å². The van der Waals surface area contributed by atoms with Gasteiger partial charge in [-0.15, -0.1) is 0 Å². The first-order valence-electron chi connectivity index (χ1n) is 12.8. The monoisotopic (exact) mass is 570 g/mol. The number of ether oxygens (including phenoxy) is 4. The largest absolute Gasteiger partial charge is 1.00 e. The summed E-state index contributed by atoms with van der Waals surface area (Å²) < 4.78 is 18.6. The average Bonchev–Trinajstić information content (AvgIpc) is 3.02. The number of benzene rings is 4. The predicted molar refractivity (Wildman–Crippen MR) is 170 cm³/mol. The van der Waals surface area contributed by atoms with Gasteiger partial charge < -0.3 is 18.9 Å². The number of hydrogen-bond acceptors (Lipinski definition) is 4. The van der Waals surface area contributed by atoms with Gasteiger partial charge in [0.25, 0.3) is 0 Å². The normalized spacial score (nSPS) is 10.2. The molecule has 40 heavy (non-hydrogen) atoms. The van der Waals surface area contributed by atoms with E-state index < -0.39 is 15.8 Å². The standard InChI is InChI=1S/C25H21P2.2C4H10O2.Li/c1-5-13-22(14-6-1)26(23-15-7-2-8-16-23)21-27(24-17-9-3-10-18-24)25-19-11-4-12-20-25;2*1-5-3-4-6-2;/h1-21H;2*3-4H2,1-2H3;/q-1;;;+1. The molecule has 0 aliphatic carbocycles. The van der Waals surface area contributed by atoms with Crippen LogP contribution in [0.2, 0.25) is 0 Å². The second-order valence-corrected chi connectivity index (χ2v) is 12.6. The summed E-state index contributed by atoms with van der Waals surface area (Å²) in [6.45, 7) is 2.76. The fraction of sp³-hybridized carbons (Fsp3) is 0.242. The molecule has 0 unspecified atom stereocenters. The zero-order valence-electron chi connectivity index (χ0n) is 24.5. The summed E-state index contributed by atoms with van der Waals surface area (Å²) >= 11 is 0. The van der Waals surface area contributed by atoms with Crippen LogP contribution in [0, 0.1) is 5.90 Å². The first-order valence-corrected chi connectivity index (χ1v) is 15.7. The van der Waals surface area contributed by atoms with Crippen LogP contribution in [0.4, 0.5) is 0 Å². The molecule has 7 heteroatoms. The van der Waals surface area contributed by atoms with Gasteiger partial charge in [-0.3, -0.25) is 5.90 Å². The molecule has 0 heterocycles. The van der Waals surface area contributed by atoms with Crippen LogP contribution in [0.25, 0.3) is 0 Å². The van der Waals surface area contributed by atoms with Crippen molar-refractivity contribution >= 4 is 37.1 Å². The Bertz CT molecular complexity index is 914. The Balaban J connectivity index is 0.000000520. The molecule has 0 aliphatic heterocycles. The van der Waals surface area contributed by atoms with Gasteiger partial charge in [-0.1, -0.05) is 143 Å². The first-order chi connectivity index (χ1) is 19.2. The summed E-state index contributed by atoms with van der Waals surface area (Å²) in [6, 6.07) is 43.7. The Labute approximate surface area is 256 Å². The molecule has 0 bridgehead atoms. The molecule has 0 N–H and O–H groups in total. The third-order valence-corrected chi connectivity index (χ3v) is 10.6. The molecule has 0 saturated carbocycles. The Morgan fingerprint density at radius 3 is 0.775 bits per heavy atom. The first kappa shape index (κ1) is 36.2.